The Balaban J connectivity index is 1.79. The minimum Gasteiger partial charge on any atom is -0.378 e. The van der Waals surface area contributed by atoms with E-state index < -0.39 is 0 Å². The van der Waals surface area contributed by atoms with Crippen molar-refractivity contribution in [3.05, 3.63) is 60.7 Å². The number of hydrogen-bond donors (Lipinski definition) is 0. The summed E-state index contributed by atoms with van der Waals surface area (Å²) in [6.07, 6.45) is 1.50. The van der Waals surface area contributed by atoms with Crippen LogP contribution in [0.2, 0.25) is 0 Å². The van der Waals surface area contributed by atoms with Crippen molar-refractivity contribution in [3.8, 4) is 17.1 Å². The number of ether oxygens (including phenoxy) is 1. The summed E-state index contributed by atoms with van der Waals surface area (Å²) in [5, 5.41) is 4.29. The van der Waals surface area contributed by atoms with Gasteiger partial charge in [0.1, 0.15) is 12.1 Å². The lowest BCUT2D eigenvalue weighted by Crippen LogP contribution is -2.36. The van der Waals surface area contributed by atoms with E-state index in [-0.39, 0.29) is 5.82 Å². The molecule has 1 saturated heterocycles. The van der Waals surface area contributed by atoms with Gasteiger partial charge in [0.15, 0.2) is 5.82 Å². The van der Waals surface area contributed by atoms with E-state index >= 15 is 0 Å². The molecule has 5 nitrogen and oxygen atoms in total. The van der Waals surface area contributed by atoms with Crippen LogP contribution in [0.3, 0.4) is 0 Å². The van der Waals surface area contributed by atoms with Crippen LogP contribution >= 0.6 is 0 Å². The maximum atomic E-state index is 13.6. The third-order valence-corrected chi connectivity index (χ3v) is 4.10. The zero-order chi connectivity index (χ0) is 16.4. The van der Waals surface area contributed by atoms with Gasteiger partial charge < -0.3 is 9.64 Å². The van der Waals surface area contributed by atoms with Crippen molar-refractivity contribution < 1.29 is 9.13 Å². The summed E-state index contributed by atoms with van der Waals surface area (Å²) in [4.78, 5) is 6.70. The summed E-state index contributed by atoms with van der Waals surface area (Å²) in [5.41, 5.74) is 2.71. The minimum absolute atomic E-state index is 0.296. The van der Waals surface area contributed by atoms with Crippen molar-refractivity contribution >= 4 is 5.69 Å². The average molecular weight is 324 g/mol. The molecule has 0 aliphatic carbocycles. The van der Waals surface area contributed by atoms with Crippen LogP contribution in [0.15, 0.2) is 54.9 Å². The van der Waals surface area contributed by atoms with Gasteiger partial charge in [-0.3, -0.25) is 0 Å². The molecule has 0 N–H and O–H groups in total. The summed E-state index contributed by atoms with van der Waals surface area (Å²) >= 11 is 0. The first-order valence-electron chi connectivity index (χ1n) is 7.91. The van der Waals surface area contributed by atoms with E-state index in [2.05, 4.69) is 21.0 Å². The predicted octanol–water partition coefficient (Wildman–Crippen LogP) is 2.91. The number of benzene rings is 2. The van der Waals surface area contributed by atoms with Crippen LogP contribution < -0.4 is 4.90 Å². The largest absolute Gasteiger partial charge is 0.378 e. The van der Waals surface area contributed by atoms with Crippen molar-refractivity contribution in [1.82, 2.24) is 14.8 Å². The lowest BCUT2D eigenvalue weighted by atomic mass is 10.1. The second kappa shape index (κ2) is 6.41. The van der Waals surface area contributed by atoms with Gasteiger partial charge in [0.05, 0.1) is 18.9 Å². The Morgan fingerprint density at radius 3 is 2.67 bits per heavy atom. The fourth-order valence-corrected chi connectivity index (χ4v) is 2.96. The molecule has 0 amide bonds. The van der Waals surface area contributed by atoms with Gasteiger partial charge in [-0.05, 0) is 30.3 Å². The topological polar surface area (TPSA) is 43.2 Å². The fourth-order valence-electron chi connectivity index (χ4n) is 2.96. The highest BCUT2D eigenvalue weighted by Crippen LogP contribution is 2.31. The molecule has 0 spiro atoms. The van der Waals surface area contributed by atoms with Crippen LogP contribution in [0, 0.1) is 5.82 Å². The van der Waals surface area contributed by atoms with E-state index in [1.54, 1.807) is 10.7 Å². The Morgan fingerprint density at radius 1 is 1.00 bits per heavy atom. The number of aromatic nitrogens is 3. The van der Waals surface area contributed by atoms with Crippen LogP contribution in [-0.2, 0) is 4.74 Å². The molecular weight excluding hydrogens is 307 g/mol. The van der Waals surface area contributed by atoms with Gasteiger partial charge >= 0.3 is 0 Å². The lowest BCUT2D eigenvalue weighted by Gasteiger charge is -2.30. The Bertz CT molecular complexity index is 842. The molecule has 6 heteroatoms. The van der Waals surface area contributed by atoms with Crippen molar-refractivity contribution in [2.24, 2.45) is 0 Å². The molecule has 0 atom stereocenters. The molecule has 1 aliphatic rings. The van der Waals surface area contributed by atoms with Crippen molar-refractivity contribution in [3.63, 3.8) is 0 Å². The van der Waals surface area contributed by atoms with E-state index in [4.69, 9.17) is 4.74 Å². The van der Waals surface area contributed by atoms with Gasteiger partial charge in [0.2, 0.25) is 0 Å². The normalized spacial score (nSPS) is 14.8. The fraction of sp³-hybridized carbons (Fsp3) is 0.222. The van der Waals surface area contributed by atoms with Crippen LogP contribution in [0.1, 0.15) is 0 Å². The number of anilines is 1. The maximum Gasteiger partial charge on any atom is 0.165 e. The molecule has 0 saturated carbocycles. The van der Waals surface area contributed by atoms with Crippen molar-refractivity contribution in [2.75, 3.05) is 31.2 Å². The van der Waals surface area contributed by atoms with Gasteiger partial charge in [-0.2, -0.15) is 5.10 Å². The predicted molar refractivity (Wildman–Crippen MR) is 89.8 cm³/mol. The first kappa shape index (κ1) is 14.8. The number of para-hydroxylation sites is 1. The maximum absolute atomic E-state index is 13.6. The SMILES string of the molecule is Fc1cccc(-n2ncnc2-c2ccccc2N2CCOCC2)c1. The molecule has 0 bridgehead atoms. The third-order valence-electron chi connectivity index (χ3n) is 4.10. The van der Waals surface area contributed by atoms with Crippen LogP contribution in [-0.4, -0.2) is 41.1 Å². The van der Waals surface area contributed by atoms with Gasteiger partial charge in [-0.1, -0.05) is 18.2 Å². The minimum atomic E-state index is -0.296. The van der Waals surface area contributed by atoms with Crippen LogP contribution in [0.25, 0.3) is 17.1 Å². The zero-order valence-electron chi connectivity index (χ0n) is 13.1. The molecule has 3 aromatic rings. The first-order chi connectivity index (χ1) is 11.8. The van der Waals surface area contributed by atoms with E-state index in [0.29, 0.717) is 24.7 Å². The van der Waals surface area contributed by atoms with Gasteiger partial charge in [0.25, 0.3) is 0 Å². The van der Waals surface area contributed by atoms with Crippen molar-refractivity contribution in [2.45, 2.75) is 0 Å². The smallest absolute Gasteiger partial charge is 0.165 e. The summed E-state index contributed by atoms with van der Waals surface area (Å²) in [5.74, 6) is 0.401. The Labute approximate surface area is 139 Å². The molecule has 0 unspecified atom stereocenters. The second-order valence-electron chi connectivity index (χ2n) is 5.59. The molecule has 1 aliphatic heterocycles. The molecule has 122 valence electrons. The monoisotopic (exact) mass is 324 g/mol. The number of nitrogens with zero attached hydrogens (tertiary/aromatic N) is 4. The van der Waals surface area contributed by atoms with Crippen LogP contribution in [0.5, 0.6) is 0 Å². The molecule has 1 aromatic heterocycles. The van der Waals surface area contributed by atoms with E-state index in [1.165, 1.54) is 18.5 Å². The van der Waals surface area contributed by atoms with E-state index in [0.717, 1.165) is 24.3 Å². The summed E-state index contributed by atoms with van der Waals surface area (Å²) in [7, 11) is 0. The molecular formula is C18H17FN4O. The highest BCUT2D eigenvalue weighted by Gasteiger charge is 2.19. The van der Waals surface area contributed by atoms with Gasteiger partial charge in [0, 0.05) is 24.3 Å². The molecule has 0 radical (unpaired) electrons. The van der Waals surface area contributed by atoms with Crippen LogP contribution in [0.4, 0.5) is 10.1 Å². The Hall–Kier alpha value is -2.73. The number of hydrogen-bond acceptors (Lipinski definition) is 4. The average Bonchev–Trinajstić information content (AvgIpc) is 3.12. The molecule has 4 rings (SSSR count). The standard InChI is InChI=1S/C18H17FN4O/c19-14-4-3-5-15(12-14)23-18(20-13-21-23)16-6-1-2-7-17(16)22-8-10-24-11-9-22/h1-7,12-13H,8-11H2. The summed E-state index contributed by atoms with van der Waals surface area (Å²) in [6, 6.07) is 14.4. The zero-order valence-corrected chi connectivity index (χ0v) is 13.1. The quantitative estimate of drug-likeness (QED) is 0.743. The number of halogens is 1. The first-order valence-corrected chi connectivity index (χ1v) is 7.91. The number of morpholine rings is 1. The molecule has 1 fully saturated rings. The van der Waals surface area contributed by atoms with E-state index in [9.17, 15) is 4.39 Å². The highest BCUT2D eigenvalue weighted by atomic mass is 19.1. The summed E-state index contributed by atoms with van der Waals surface area (Å²) in [6.45, 7) is 3.10. The Kier molecular flexibility index (Phi) is 3.96. The van der Waals surface area contributed by atoms with E-state index in [1.807, 2.05) is 24.3 Å². The van der Waals surface area contributed by atoms with Crippen molar-refractivity contribution in [1.29, 1.82) is 0 Å². The van der Waals surface area contributed by atoms with Gasteiger partial charge in [-0.15, -0.1) is 0 Å². The molecule has 2 aromatic carbocycles. The number of rotatable bonds is 3. The lowest BCUT2D eigenvalue weighted by molar-refractivity contribution is 0.123. The summed E-state index contributed by atoms with van der Waals surface area (Å²) < 4.78 is 20.7. The second-order valence-corrected chi connectivity index (χ2v) is 5.59. The third kappa shape index (κ3) is 2.76. The molecule has 2 heterocycles. The van der Waals surface area contributed by atoms with Gasteiger partial charge in [-0.25, -0.2) is 14.1 Å². The molecule has 24 heavy (non-hydrogen) atoms. The highest BCUT2D eigenvalue weighted by molar-refractivity contribution is 5.75. The Morgan fingerprint density at radius 2 is 1.83 bits per heavy atom.